The minimum Gasteiger partial charge on any atom is -0.322 e. The molecule has 2 rings (SSSR count). The first-order valence-corrected chi connectivity index (χ1v) is 6.64. The van der Waals surface area contributed by atoms with Crippen molar-refractivity contribution in [2.45, 2.75) is 19.8 Å². The van der Waals surface area contributed by atoms with Crippen LogP contribution in [0.4, 0.5) is 5.69 Å². The zero-order valence-corrected chi connectivity index (χ0v) is 11.7. The van der Waals surface area contributed by atoms with Gasteiger partial charge in [0.2, 0.25) is 5.91 Å². The molecule has 0 atom stereocenters. The molecule has 1 aromatic heterocycles. The third kappa shape index (κ3) is 4.05. The first-order chi connectivity index (χ1) is 9.65. The highest BCUT2D eigenvalue weighted by atomic mass is 16.1. The lowest BCUT2D eigenvalue weighted by Gasteiger charge is -2.04. The molecule has 2 aromatic rings. The molecule has 0 unspecified atom stereocenters. The maximum absolute atomic E-state index is 11.7. The van der Waals surface area contributed by atoms with Crippen LogP contribution in [0.1, 0.15) is 30.9 Å². The van der Waals surface area contributed by atoms with Gasteiger partial charge in [0.1, 0.15) is 0 Å². The molecule has 20 heavy (non-hydrogen) atoms. The highest BCUT2D eigenvalue weighted by Gasteiger charge is 1.99. The summed E-state index contributed by atoms with van der Waals surface area (Å²) >= 11 is 0. The van der Waals surface area contributed by atoms with Crippen LogP contribution in [-0.4, -0.2) is 10.9 Å². The van der Waals surface area contributed by atoms with Crippen molar-refractivity contribution in [3.8, 4) is 0 Å². The first-order valence-electron chi connectivity index (χ1n) is 6.64. The van der Waals surface area contributed by atoms with Crippen molar-refractivity contribution in [2.75, 3.05) is 5.32 Å². The van der Waals surface area contributed by atoms with Crippen LogP contribution in [0.2, 0.25) is 0 Å². The fraction of sp³-hybridized carbons (Fsp3) is 0.176. The predicted molar refractivity (Wildman–Crippen MR) is 82.4 cm³/mol. The van der Waals surface area contributed by atoms with Gasteiger partial charge >= 0.3 is 0 Å². The zero-order chi connectivity index (χ0) is 14.4. The Bertz CT molecular complexity index is 586. The summed E-state index contributed by atoms with van der Waals surface area (Å²) in [7, 11) is 0. The number of aromatic nitrogens is 1. The van der Waals surface area contributed by atoms with Crippen LogP contribution in [0.5, 0.6) is 0 Å². The molecule has 0 saturated carbocycles. The fourth-order valence-corrected chi connectivity index (χ4v) is 1.78. The number of benzene rings is 1. The molecule has 1 heterocycles. The second-order valence-electron chi connectivity index (χ2n) is 4.88. The van der Waals surface area contributed by atoms with Crippen LogP contribution >= 0.6 is 0 Å². The molecule has 0 aliphatic rings. The zero-order valence-electron chi connectivity index (χ0n) is 11.7. The van der Waals surface area contributed by atoms with Crippen molar-refractivity contribution >= 4 is 17.7 Å². The average Bonchev–Trinajstić information content (AvgIpc) is 2.46. The van der Waals surface area contributed by atoms with E-state index in [9.17, 15) is 4.79 Å². The second-order valence-corrected chi connectivity index (χ2v) is 4.88. The van der Waals surface area contributed by atoms with Gasteiger partial charge in [0.15, 0.2) is 0 Å². The van der Waals surface area contributed by atoms with Gasteiger partial charge in [0.05, 0.1) is 0 Å². The van der Waals surface area contributed by atoms with Crippen LogP contribution < -0.4 is 5.32 Å². The lowest BCUT2D eigenvalue weighted by Crippen LogP contribution is -2.07. The Hall–Kier alpha value is -2.42. The number of anilines is 1. The van der Waals surface area contributed by atoms with E-state index in [0.29, 0.717) is 5.92 Å². The van der Waals surface area contributed by atoms with Crippen LogP contribution in [0.3, 0.4) is 0 Å². The molecule has 0 bridgehead atoms. The van der Waals surface area contributed by atoms with Crippen molar-refractivity contribution in [3.63, 3.8) is 0 Å². The summed E-state index contributed by atoms with van der Waals surface area (Å²) in [5, 5.41) is 2.78. The third-order valence-electron chi connectivity index (χ3n) is 2.98. The smallest absolute Gasteiger partial charge is 0.248 e. The van der Waals surface area contributed by atoms with E-state index in [-0.39, 0.29) is 5.91 Å². The summed E-state index contributed by atoms with van der Waals surface area (Å²) < 4.78 is 0. The lowest BCUT2D eigenvalue weighted by molar-refractivity contribution is -0.111. The second kappa shape index (κ2) is 6.66. The maximum Gasteiger partial charge on any atom is 0.248 e. The molecule has 0 saturated heterocycles. The monoisotopic (exact) mass is 266 g/mol. The number of hydrogen-bond acceptors (Lipinski definition) is 2. The summed E-state index contributed by atoms with van der Waals surface area (Å²) in [5.41, 5.74) is 3.05. The minimum absolute atomic E-state index is 0.149. The quantitative estimate of drug-likeness (QED) is 0.854. The molecule has 0 aliphatic heterocycles. The highest BCUT2D eigenvalue weighted by molar-refractivity contribution is 6.01. The predicted octanol–water partition coefficient (Wildman–Crippen LogP) is 3.86. The van der Waals surface area contributed by atoms with Gasteiger partial charge in [0.25, 0.3) is 0 Å². The Morgan fingerprint density at radius 2 is 1.75 bits per heavy atom. The van der Waals surface area contributed by atoms with Gasteiger partial charge in [-0.05, 0) is 35.3 Å². The summed E-state index contributed by atoms with van der Waals surface area (Å²) in [5.74, 6) is 0.368. The summed E-state index contributed by atoms with van der Waals surface area (Å²) in [6.45, 7) is 4.32. The van der Waals surface area contributed by atoms with Crippen molar-refractivity contribution in [3.05, 3.63) is 66.0 Å². The number of nitrogens with one attached hydrogen (secondary N) is 1. The van der Waals surface area contributed by atoms with Gasteiger partial charge in [0, 0.05) is 24.2 Å². The number of pyridine rings is 1. The van der Waals surface area contributed by atoms with E-state index in [1.807, 2.05) is 12.1 Å². The molecule has 3 heteroatoms. The number of amides is 1. The number of nitrogens with zero attached hydrogens (tertiary/aromatic N) is 1. The van der Waals surface area contributed by atoms with E-state index in [0.717, 1.165) is 11.3 Å². The molecule has 3 nitrogen and oxygen atoms in total. The van der Waals surface area contributed by atoms with Gasteiger partial charge < -0.3 is 5.32 Å². The molecular weight excluding hydrogens is 248 g/mol. The maximum atomic E-state index is 11.7. The van der Waals surface area contributed by atoms with Gasteiger partial charge in [-0.2, -0.15) is 0 Å². The van der Waals surface area contributed by atoms with Crippen molar-refractivity contribution in [2.24, 2.45) is 0 Å². The first kappa shape index (κ1) is 14.0. The molecule has 1 aromatic carbocycles. The molecule has 1 amide bonds. The van der Waals surface area contributed by atoms with E-state index in [2.05, 4.69) is 36.3 Å². The number of carbonyl (C=O) groups excluding carboxylic acids is 1. The topological polar surface area (TPSA) is 42.0 Å². The summed E-state index contributed by atoms with van der Waals surface area (Å²) in [6, 6.07) is 11.7. The Kier molecular flexibility index (Phi) is 4.66. The van der Waals surface area contributed by atoms with E-state index in [1.165, 1.54) is 11.6 Å². The van der Waals surface area contributed by atoms with Gasteiger partial charge in [-0.25, -0.2) is 0 Å². The van der Waals surface area contributed by atoms with Crippen LogP contribution in [0.15, 0.2) is 54.9 Å². The van der Waals surface area contributed by atoms with Crippen LogP contribution in [-0.2, 0) is 4.79 Å². The largest absolute Gasteiger partial charge is 0.322 e. The molecule has 0 spiro atoms. The molecule has 102 valence electrons. The average molecular weight is 266 g/mol. The lowest BCUT2D eigenvalue weighted by atomic mass is 10.0. The summed E-state index contributed by atoms with van der Waals surface area (Å²) in [6.07, 6.45) is 6.62. The minimum atomic E-state index is -0.149. The standard InChI is InChI=1S/C17H18N2O/c1-13(2)15-6-3-14(4-7-15)5-8-17(20)19-16-9-11-18-12-10-16/h3-13H,1-2H3,(H,18,19,20)/b8-5+. The van der Waals surface area contributed by atoms with Gasteiger partial charge in [-0.3, -0.25) is 9.78 Å². The van der Waals surface area contributed by atoms with E-state index in [1.54, 1.807) is 30.6 Å². The Labute approximate surface area is 119 Å². The Morgan fingerprint density at radius 1 is 1.10 bits per heavy atom. The molecule has 1 N–H and O–H groups in total. The van der Waals surface area contributed by atoms with Gasteiger partial charge in [-0.1, -0.05) is 38.1 Å². The molecule has 0 radical (unpaired) electrons. The van der Waals surface area contributed by atoms with Crippen LogP contribution in [0.25, 0.3) is 6.08 Å². The van der Waals surface area contributed by atoms with Crippen molar-refractivity contribution in [1.29, 1.82) is 0 Å². The molecule has 0 aliphatic carbocycles. The number of rotatable bonds is 4. The van der Waals surface area contributed by atoms with Crippen molar-refractivity contribution < 1.29 is 4.79 Å². The third-order valence-corrected chi connectivity index (χ3v) is 2.98. The highest BCUT2D eigenvalue weighted by Crippen LogP contribution is 2.15. The molecular formula is C17H18N2O. The Balaban J connectivity index is 1.97. The van der Waals surface area contributed by atoms with Crippen LogP contribution in [0, 0.1) is 0 Å². The van der Waals surface area contributed by atoms with E-state index >= 15 is 0 Å². The Morgan fingerprint density at radius 3 is 2.35 bits per heavy atom. The summed E-state index contributed by atoms with van der Waals surface area (Å²) in [4.78, 5) is 15.6. The van der Waals surface area contributed by atoms with E-state index in [4.69, 9.17) is 0 Å². The normalized spacial score (nSPS) is 10.9. The fourth-order valence-electron chi connectivity index (χ4n) is 1.78. The van der Waals surface area contributed by atoms with E-state index < -0.39 is 0 Å². The number of carbonyl (C=O) groups is 1. The SMILES string of the molecule is CC(C)c1ccc(/C=C/C(=O)Nc2ccncc2)cc1. The van der Waals surface area contributed by atoms with Gasteiger partial charge in [-0.15, -0.1) is 0 Å². The number of hydrogen-bond donors (Lipinski definition) is 1. The van der Waals surface area contributed by atoms with Crippen molar-refractivity contribution in [1.82, 2.24) is 4.98 Å². The molecule has 0 fully saturated rings.